The maximum atomic E-state index is 12.8. The van der Waals surface area contributed by atoms with Gasteiger partial charge in [0.25, 0.3) is 11.8 Å². The maximum Gasteiger partial charge on any atom is 0.262 e. The highest BCUT2D eigenvalue weighted by atomic mass is 16.5. The molecule has 2 aliphatic heterocycles. The van der Waals surface area contributed by atoms with E-state index in [-0.39, 0.29) is 24.5 Å². The van der Waals surface area contributed by atoms with Gasteiger partial charge in [0.1, 0.15) is 0 Å². The van der Waals surface area contributed by atoms with Gasteiger partial charge in [-0.25, -0.2) is 0 Å². The summed E-state index contributed by atoms with van der Waals surface area (Å²) < 4.78 is 5.76. The van der Waals surface area contributed by atoms with Crippen molar-refractivity contribution in [3.05, 3.63) is 65.2 Å². The highest BCUT2D eigenvalue weighted by molar-refractivity contribution is 6.23. The lowest BCUT2D eigenvalue weighted by atomic mass is 10.1. The van der Waals surface area contributed by atoms with E-state index in [1.807, 2.05) is 26.0 Å². The third kappa shape index (κ3) is 3.31. The number of carbonyl (C=O) groups is 3. The Balaban J connectivity index is 1.56. The summed E-state index contributed by atoms with van der Waals surface area (Å²) >= 11 is 0. The monoisotopic (exact) mass is 378 g/mol. The first-order valence-corrected chi connectivity index (χ1v) is 9.43. The zero-order valence-corrected chi connectivity index (χ0v) is 15.9. The molecule has 6 heteroatoms. The van der Waals surface area contributed by atoms with Crippen molar-refractivity contribution in [2.45, 2.75) is 26.1 Å². The van der Waals surface area contributed by atoms with Crippen molar-refractivity contribution in [1.82, 2.24) is 4.90 Å². The largest absolute Gasteiger partial charge is 0.372 e. The molecule has 2 aromatic carbocycles. The lowest BCUT2D eigenvalue weighted by Crippen LogP contribution is -2.45. The molecule has 2 aliphatic rings. The minimum atomic E-state index is -0.417. The Hall–Kier alpha value is -2.99. The van der Waals surface area contributed by atoms with Crippen molar-refractivity contribution in [2.75, 3.05) is 24.5 Å². The molecule has 28 heavy (non-hydrogen) atoms. The number of hydrogen-bond acceptors (Lipinski definition) is 5. The standard InChI is InChI=1S/C22H22N2O4/c1-14-11-23(12-15(2)28-14)17-8-9-18-19(10-17)22(27)24(21(18)26)13-20(25)16-6-4-3-5-7-16/h3-10,14-15H,11-13H2,1-2H3/t14-,15+. The van der Waals surface area contributed by atoms with Gasteiger partial charge in [-0.2, -0.15) is 0 Å². The van der Waals surface area contributed by atoms with Crippen LogP contribution >= 0.6 is 0 Å². The minimum Gasteiger partial charge on any atom is -0.372 e. The summed E-state index contributed by atoms with van der Waals surface area (Å²) in [5, 5.41) is 0. The Kier molecular flexibility index (Phi) is 4.73. The number of rotatable bonds is 4. The summed E-state index contributed by atoms with van der Waals surface area (Å²) in [6.45, 7) is 5.23. The maximum absolute atomic E-state index is 12.8. The van der Waals surface area contributed by atoms with Crippen LogP contribution in [0.3, 0.4) is 0 Å². The van der Waals surface area contributed by atoms with Crippen molar-refractivity contribution >= 4 is 23.3 Å². The number of benzene rings is 2. The van der Waals surface area contributed by atoms with E-state index in [1.54, 1.807) is 36.4 Å². The highest BCUT2D eigenvalue weighted by Crippen LogP contribution is 2.29. The molecule has 1 saturated heterocycles. The average molecular weight is 378 g/mol. The topological polar surface area (TPSA) is 66.9 Å². The van der Waals surface area contributed by atoms with Gasteiger partial charge in [0, 0.05) is 24.3 Å². The SMILES string of the molecule is C[C@@H]1CN(c2ccc3c(c2)C(=O)N(CC(=O)c2ccccc2)C3=O)C[C@H](C)O1. The van der Waals surface area contributed by atoms with Gasteiger partial charge in [0.05, 0.1) is 29.9 Å². The molecule has 1 fully saturated rings. The minimum absolute atomic E-state index is 0.0920. The molecule has 4 rings (SSSR count). The zero-order chi connectivity index (χ0) is 19.8. The number of hydrogen-bond donors (Lipinski definition) is 0. The van der Waals surface area contributed by atoms with Crippen molar-refractivity contribution in [3.8, 4) is 0 Å². The van der Waals surface area contributed by atoms with Gasteiger partial charge in [-0.1, -0.05) is 30.3 Å². The van der Waals surface area contributed by atoms with E-state index in [9.17, 15) is 14.4 Å². The second kappa shape index (κ2) is 7.20. The number of amides is 2. The molecule has 0 unspecified atom stereocenters. The molecule has 2 amide bonds. The first kappa shape index (κ1) is 18.4. The molecule has 0 aromatic heterocycles. The Morgan fingerprint density at radius 2 is 1.61 bits per heavy atom. The molecule has 2 atom stereocenters. The van der Waals surface area contributed by atoms with Gasteiger partial charge < -0.3 is 9.64 Å². The lowest BCUT2D eigenvalue weighted by molar-refractivity contribution is -0.00522. The number of morpholine rings is 1. The van der Waals surface area contributed by atoms with E-state index in [0.717, 1.165) is 23.7 Å². The van der Waals surface area contributed by atoms with Crippen molar-refractivity contribution < 1.29 is 19.1 Å². The molecule has 6 nitrogen and oxygen atoms in total. The summed E-state index contributed by atoms with van der Waals surface area (Å²) in [7, 11) is 0. The van der Waals surface area contributed by atoms with Crippen LogP contribution in [-0.4, -0.2) is 54.3 Å². The number of Topliss-reactive ketones (excluding diaryl/α,β-unsaturated/α-hetero) is 1. The Bertz CT molecular complexity index is 931. The van der Waals surface area contributed by atoms with Crippen LogP contribution in [0.5, 0.6) is 0 Å². The summed E-state index contributed by atoms with van der Waals surface area (Å²) in [5.74, 6) is -1.09. The van der Waals surface area contributed by atoms with E-state index in [1.165, 1.54) is 0 Å². The summed E-state index contributed by atoms with van der Waals surface area (Å²) in [4.78, 5) is 41.2. The van der Waals surface area contributed by atoms with E-state index < -0.39 is 11.8 Å². The first-order chi connectivity index (χ1) is 13.4. The fraction of sp³-hybridized carbons (Fsp3) is 0.318. The molecule has 144 valence electrons. The molecule has 0 N–H and O–H groups in total. The first-order valence-electron chi connectivity index (χ1n) is 9.43. The highest BCUT2D eigenvalue weighted by Gasteiger charge is 2.37. The van der Waals surface area contributed by atoms with E-state index in [4.69, 9.17) is 4.74 Å². The fourth-order valence-corrected chi connectivity index (χ4v) is 3.87. The van der Waals surface area contributed by atoms with Gasteiger partial charge >= 0.3 is 0 Å². The number of ketones is 1. The van der Waals surface area contributed by atoms with Crippen LogP contribution in [0.2, 0.25) is 0 Å². The molecular weight excluding hydrogens is 356 g/mol. The fourth-order valence-electron chi connectivity index (χ4n) is 3.87. The Labute approximate surface area is 163 Å². The van der Waals surface area contributed by atoms with Crippen molar-refractivity contribution in [1.29, 1.82) is 0 Å². The van der Waals surface area contributed by atoms with Crippen LogP contribution < -0.4 is 4.90 Å². The van der Waals surface area contributed by atoms with Crippen LogP contribution in [0.15, 0.2) is 48.5 Å². The third-order valence-electron chi connectivity index (χ3n) is 5.14. The Morgan fingerprint density at radius 3 is 2.29 bits per heavy atom. The van der Waals surface area contributed by atoms with Crippen LogP contribution in [0, 0.1) is 0 Å². The van der Waals surface area contributed by atoms with E-state index in [2.05, 4.69) is 4.90 Å². The second-order valence-corrected chi connectivity index (χ2v) is 7.38. The predicted octanol–water partition coefficient (Wildman–Crippen LogP) is 2.78. The van der Waals surface area contributed by atoms with Gasteiger partial charge in [-0.05, 0) is 32.0 Å². The lowest BCUT2D eigenvalue weighted by Gasteiger charge is -2.37. The third-order valence-corrected chi connectivity index (χ3v) is 5.14. The molecule has 2 aromatic rings. The van der Waals surface area contributed by atoms with Crippen molar-refractivity contribution in [3.63, 3.8) is 0 Å². The van der Waals surface area contributed by atoms with Gasteiger partial charge in [0.2, 0.25) is 0 Å². The number of imide groups is 1. The molecule has 0 saturated carbocycles. The number of carbonyl (C=O) groups excluding carboxylic acids is 3. The summed E-state index contributed by atoms with van der Waals surface area (Å²) in [6.07, 6.45) is 0.184. The number of fused-ring (bicyclic) bond motifs is 1. The van der Waals surface area contributed by atoms with E-state index in [0.29, 0.717) is 16.7 Å². The number of ether oxygens (including phenoxy) is 1. The molecule has 2 heterocycles. The molecule has 0 spiro atoms. The van der Waals surface area contributed by atoms with Crippen LogP contribution in [0.25, 0.3) is 0 Å². The van der Waals surface area contributed by atoms with Crippen LogP contribution in [-0.2, 0) is 4.74 Å². The van der Waals surface area contributed by atoms with Crippen LogP contribution in [0.1, 0.15) is 44.9 Å². The molecular formula is C22H22N2O4. The van der Waals surface area contributed by atoms with Gasteiger partial charge in [0.15, 0.2) is 5.78 Å². The summed E-state index contributed by atoms with van der Waals surface area (Å²) in [6, 6.07) is 14.0. The van der Waals surface area contributed by atoms with E-state index >= 15 is 0 Å². The number of nitrogens with zero attached hydrogens (tertiary/aromatic N) is 2. The number of anilines is 1. The van der Waals surface area contributed by atoms with Crippen molar-refractivity contribution in [2.24, 2.45) is 0 Å². The van der Waals surface area contributed by atoms with Crippen LogP contribution in [0.4, 0.5) is 5.69 Å². The normalized spacial score (nSPS) is 21.8. The Morgan fingerprint density at radius 1 is 0.964 bits per heavy atom. The predicted molar refractivity (Wildman–Crippen MR) is 105 cm³/mol. The molecule has 0 aliphatic carbocycles. The second-order valence-electron chi connectivity index (χ2n) is 7.38. The smallest absolute Gasteiger partial charge is 0.262 e. The zero-order valence-electron chi connectivity index (χ0n) is 15.9. The summed E-state index contributed by atoms with van der Waals surface area (Å²) in [5.41, 5.74) is 2.08. The average Bonchev–Trinajstić information content (AvgIpc) is 2.92. The van der Waals surface area contributed by atoms with Gasteiger partial charge in [-0.3, -0.25) is 19.3 Å². The molecule has 0 radical (unpaired) electrons. The quantitative estimate of drug-likeness (QED) is 0.605. The molecule has 0 bridgehead atoms. The van der Waals surface area contributed by atoms with Gasteiger partial charge in [-0.15, -0.1) is 0 Å².